The highest BCUT2D eigenvalue weighted by atomic mass is 16.4. The third-order valence-electron chi connectivity index (χ3n) is 2.54. The number of aliphatic carboxylic acids is 2. The minimum Gasteiger partial charge on any atom is -0.481 e. The molecule has 0 aromatic rings. The number of rotatable bonds is 2. The van der Waals surface area contributed by atoms with E-state index in [4.69, 9.17) is 10.2 Å². The topological polar surface area (TPSA) is 87.0 Å². The van der Waals surface area contributed by atoms with Gasteiger partial charge in [0.2, 0.25) is 0 Å². The monoisotopic (exact) mass is 199 g/mol. The normalized spacial score (nSPS) is 29.9. The number of hydrogen-bond donors (Lipinski definition) is 2. The zero-order chi connectivity index (χ0) is 10.9. The van der Waals surface area contributed by atoms with E-state index in [9.17, 15) is 9.59 Å². The van der Waals surface area contributed by atoms with Crippen molar-refractivity contribution in [2.75, 3.05) is 0 Å². The molecular formula is C9H13NO4. The molecule has 5 nitrogen and oxygen atoms in total. The van der Waals surface area contributed by atoms with Gasteiger partial charge in [0.05, 0.1) is 17.4 Å². The second-order valence-corrected chi connectivity index (χ2v) is 4.00. The summed E-state index contributed by atoms with van der Waals surface area (Å²) in [6.07, 6.45) is 1.45. The molecule has 0 aromatic heterocycles. The first-order valence-electron chi connectivity index (χ1n) is 4.35. The van der Waals surface area contributed by atoms with Crippen molar-refractivity contribution in [3.8, 4) is 0 Å². The maximum absolute atomic E-state index is 10.9. The summed E-state index contributed by atoms with van der Waals surface area (Å²) in [6.45, 7) is 3.39. The van der Waals surface area contributed by atoms with Crippen molar-refractivity contribution in [1.29, 1.82) is 0 Å². The highest BCUT2D eigenvalue weighted by Crippen LogP contribution is 2.31. The predicted octanol–water partition coefficient (Wildman–Crippen LogP) is 0.641. The van der Waals surface area contributed by atoms with Gasteiger partial charge in [-0.3, -0.25) is 14.6 Å². The lowest BCUT2D eigenvalue weighted by Gasteiger charge is -2.32. The Bertz CT molecular complexity index is 295. The van der Waals surface area contributed by atoms with Crippen LogP contribution in [-0.2, 0) is 9.59 Å². The Morgan fingerprint density at radius 2 is 1.93 bits per heavy atom. The van der Waals surface area contributed by atoms with Crippen molar-refractivity contribution >= 4 is 18.2 Å². The lowest BCUT2D eigenvalue weighted by atomic mass is 9.79. The Kier molecular flexibility index (Phi) is 2.59. The van der Waals surface area contributed by atoms with Gasteiger partial charge in [0, 0.05) is 6.21 Å². The number of aliphatic imine (C=N–C) groups is 1. The molecule has 78 valence electrons. The molecule has 1 aliphatic rings. The van der Waals surface area contributed by atoms with E-state index in [0.717, 1.165) is 0 Å². The molecule has 0 radical (unpaired) electrons. The van der Waals surface area contributed by atoms with E-state index in [-0.39, 0.29) is 6.42 Å². The minimum absolute atomic E-state index is 0.112. The average Bonchev–Trinajstić information content (AvgIpc) is 2.02. The predicted molar refractivity (Wildman–Crippen MR) is 49.4 cm³/mol. The first kappa shape index (κ1) is 10.7. The molecule has 2 unspecified atom stereocenters. The molecule has 0 fully saturated rings. The van der Waals surface area contributed by atoms with Crippen molar-refractivity contribution in [2.24, 2.45) is 16.8 Å². The quantitative estimate of drug-likeness (QED) is 0.683. The van der Waals surface area contributed by atoms with E-state index in [1.807, 2.05) is 0 Å². The van der Waals surface area contributed by atoms with Crippen LogP contribution in [0.15, 0.2) is 4.99 Å². The van der Waals surface area contributed by atoms with Gasteiger partial charge in [-0.2, -0.15) is 0 Å². The molecular weight excluding hydrogens is 186 g/mol. The Balaban J connectivity index is 2.92. The molecule has 5 heteroatoms. The van der Waals surface area contributed by atoms with Gasteiger partial charge < -0.3 is 10.2 Å². The van der Waals surface area contributed by atoms with E-state index < -0.39 is 29.3 Å². The van der Waals surface area contributed by atoms with Gasteiger partial charge in [-0.15, -0.1) is 0 Å². The van der Waals surface area contributed by atoms with Crippen molar-refractivity contribution < 1.29 is 19.8 Å². The van der Waals surface area contributed by atoms with Crippen molar-refractivity contribution in [3.05, 3.63) is 0 Å². The Morgan fingerprint density at radius 3 is 2.36 bits per heavy atom. The van der Waals surface area contributed by atoms with Crippen LogP contribution >= 0.6 is 0 Å². The highest BCUT2D eigenvalue weighted by Gasteiger charge is 2.40. The number of carbonyl (C=O) groups is 2. The van der Waals surface area contributed by atoms with Gasteiger partial charge in [0.15, 0.2) is 0 Å². The fourth-order valence-corrected chi connectivity index (χ4v) is 1.54. The van der Waals surface area contributed by atoms with Gasteiger partial charge in [-0.05, 0) is 20.3 Å². The number of nitrogens with zero attached hydrogens (tertiary/aromatic N) is 1. The lowest BCUT2D eigenvalue weighted by Crippen LogP contribution is -2.42. The van der Waals surface area contributed by atoms with Crippen molar-refractivity contribution in [3.63, 3.8) is 0 Å². The minimum atomic E-state index is -1.02. The van der Waals surface area contributed by atoms with Crippen LogP contribution in [-0.4, -0.2) is 33.9 Å². The van der Waals surface area contributed by atoms with Crippen LogP contribution in [0.25, 0.3) is 0 Å². The molecule has 0 aliphatic carbocycles. The maximum Gasteiger partial charge on any atom is 0.311 e. The molecule has 1 rings (SSSR count). The summed E-state index contributed by atoms with van der Waals surface area (Å²) in [5.74, 6) is -3.51. The van der Waals surface area contributed by atoms with Crippen LogP contribution in [0.2, 0.25) is 0 Å². The number of hydrogen-bond acceptors (Lipinski definition) is 3. The molecule has 0 spiro atoms. The molecule has 0 bridgehead atoms. The van der Waals surface area contributed by atoms with Gasteiger partial charge in [-0.25, -0.2) is 0 Å². The molecule has 14 heavy (non-hydrogen) atoms. The number of carboxylic acid groups (broad SMARTS) is 2. The average molecular weight is 199 g/mol. The second-order valence-electron chi connectivity index (χ2n) is 4.00. The summed E-state index contributed by atoms with van der Waals surface area (Å²) >= 11 is 0. The molecule has 0 saturated carbocycles. The Labute approximate surface area is 81.5 Å². The smallest absolute Gasteiger partial charge is 0.311 e. The summed E-state index contributed by atoms with van der Waals surface area (Å²) in [6, 6.07) is 0. The summed E-state index contributed by atoms with van der Waals surface area (Å²) in [7, 11) is 0. The molecule has 2 atom stereocenters. The lowest BCUT2D eigenvalue weighted by molar-refractivity contribution is -0.146. The van der Waals surface area contributed by atoms with Crippen LogP contribution in [0.3, 0.4) is 0 Å². The zero-order valence-corrected chi connectivity index (χ0v) is 8.10. The van der Waals surface area contributed by atoms with Crippen LogP contribution in [0.1, 0.15) is 20.3 Å². The van der Waals surface area contributed by atoms with E-state index >= 15 is 0 Å². The van der Waals surface area contributed by atoms with Gasteiger partial charge in [0.1, 0.15) is 0 Å². The molecule has 0 saturated heterocycles. The standard InChI is InChI=1S/C9H13NO4/c1-9(2)6(8(13)14)3-5(4-10-9)7(11)12/h4-6H,3H2,1-2H3,(H,11,12)(H,13,14). The maximum atomic E-state index is 10.9. The van der Waals surface area contributed by atoms with Crippen LogP contribution < -0.4 is 0 Å². The fraction of sp³-hybridized carbons (Fsp3) is 0.667. The summed E-state index contributed by atoms with van der Waals surface area (Å²) in [5, 5.41) is 17.6. The van der Waals surface area contributed by atoms with Gasteiger partial charge in [0.25, 0.3) is 0 Å². The van der Waals surface area contributed by atoms with Crippen molar-refractivity contribution in [2.45, 2.75) is 25.8 Å². The molecule has 1 heterocycles. The van der Waals surface area contributed by atoms with Crippen LogP contribution in [0.4, 0.5) is 0 Å². The van der Waals surface area contributed by atoms with Crippen molar-refractivity contribution in [1.82, 2.24) is 0 Å². The largest absolute Gasteiger partial charge is 0.481 e. The van der Waals surface area contributed by atoms with Crippen LogP contribution in [0, 0.1) is 11.8 Å². The van der Waals surface area contributed by atoms with Gasteiger partial charge >= 0.3 is 11.9 Å². The van der Waals surface area contributed by atoms with E-state index in [0.29, 0.717) is 0 Å². The van der Waals surface area contributed by atoms with E-state index in [1.54, 1.807) is 13.8 Å². The summed E-state index contributed by atoms with van der Waals surface area (Å²) < 4.78 is 0. The Hall–Kier alpha value is -1.39. The third-order valence-corrected chi connectivity index (χ3v) is 2.54. The van der Waals surface area contributed by atoms with Gasteiger partial charge in [-0.1, -0.05) is 0 Å². The Morgan fingerprint density at radius 1 is 1.36 bits per heavy atom. The second kappa shape index (κ2) is 3.40. The third kappa shape index (κ3) is 1.92. The summed E-state index contributed by atoms with van der Waals surface area (Å²) in [5.41, 5.74) is -0.711. The highest BCUT2D eigenvalue weighted by molar-refractivity contribution is 5.90. The number of carboxylic acids is 2. The zero-order valence-electron chi connectivity index (χ0n) is 8.10. The SMILES string of the molecule is CC1(C)N=CC(C(=O)O)CC1C(=O)O. The molecule has 0 amide bonds. The van der Waals surface area contributed by atoms with E-state index in [2.05, 4.69) is 4.99 Å². The first-order chi connectivity index (χ1) is 6.34. The molecule has 1 aliphatic heterocycles. The fourth-order valence-electron chi connectivity index (χ4n) is 1.54. The van der Waals surface area contributed by atoms with Crippen LogP contribution in [0.5, 0.6) is 0 Å². The first-order valence-corrected chi connectivity index (χ1v) is 4.35. The molecule has 2 N–H and O–H groups in total. The van der Waals surface area contributed by atoms with E-state index in [1.165, 1.54) is 6.21 Å². The molecule has 0 aromatic carbocycles. The summed E-state index contributed by atoms with van der Waals surface area (Å²) in [4.78, 5) is 25.5.